The summed E-state index contributed by atoms with van der Waals surface area (Å²) in [5.74, 6) is -0.308. The number of methoxy groups -OCH3 is 1. The first-order valence-electron chi connectivity index (χ1n) is 4.73. The number of nitrogens with one attached hydrogen (secondary N) is 1. The molecule has 0 aromatic rings. The molecule has 1 amide bonds. The maximum Gasteiger partial charge on any atom is 0.329 e. The van der Waals surface area contributed by atoms with E-state index in [1.165, 1.54) is 14.2 Å². The summed E-state index contributed by atoms with van der Waals surface area (Å²) in [6.07, 6.45) is -0.544. The van der Waals surface area contributed by atoms with E-state index < -0.39 is 14.7 Å². The highest BCUT2D eigenvalue weighted by atomic mass is 31.2. The first-order chi connectivity index (χ1) is 7.54. The number of carbonyl (C=O) groups excluding carboxylic acids is 1. The molecule has 3 unspecified atom stereocenters. The minimum absolute atomic E-state index is 0.106. The minimum Gasteiger partial charge on any atom is -0.382 e. The van der Waals surface area contributed by atoms with Crippen molar-refractivity contribution in [2.75, 3.05) is 20.8 Å². The van der Waals surface area contributed by atoms with Crippen LogP contribution in [0.15, 0.2) is 0 Å². The summed E-state index contributed by atoms with van der Waals surface area (Å²) < 4.78 is 14.7. The molecule has 0 aliphatic carbocycles. The van der Waals surface area contributed by atoms with E-state index in [1.54, 1.807) is 6.92 Å². The number of hydrogen-bond donors (Lipinski definition) is 2. The average Bonchev–Trinajstić information content (AvgIpc) is 2.27. The minimum atomic E-state index is -1.93. The molecule has 0 aromatic heterocycles. The maximum atomic E-state index is 11.1. The molecule has 6 nitrogen and oxygen atoms in total. The SMILES string of the molecule is [B]CC(=O)NC(COC)C(C)OP(O)OC. The number of carbonyl (C=O) groups is 1. The average molecular weight is 249 g/mol. The van der Waals surface area contributed by atoms with Crippen LogP contribution < -0.4 is 5.32 Å². The van der Waals surface area contributed by atoms with Crippen LogP contribution in [0.4, 0.5) is 0 Å². The first-order valence-corrected chi connectivity index (χ1v) is 5.86. The molecule has 0 fully saturated rings. The predicted octanol–water partition coefficient (Wildman–Crippen LogP) is -0.0249. The van der Waals surface area contributed by atoms with E-state index in [0.29, 0.717) is 0 Å². The van der Waals surface area contributed by atoms with Gasteiger partial charge in [-0.3, -0.25) is 4.79 Å². The van der Waals surface area contributed by atoms with Crippen LogP contribution in [0.2, 0.25) is 6.32 Å². The van der Waals surface area contributed by atoms with E-state index in [9.17, 15) is 9.69 Å². The highest BCUT2D eigenvalue weighted by Gasteiger charge is 2.22. The van der Waals surface area contributed by atoms with Crippen molar-refractivity contribution in [3.05, 3.63) is 0 Å². The van der Waals surface area contributed by atoms with Crippen molar-refractivity contribution >= 4 is 22.4 Å². The largest absolute Gasteiger partial charge is 0.382 e. The Kier molecular flexibility index (Phi) is 8.79. The van der Waals surface area contributed by atoms with E-state index in [0.717, 1.165) is 0 Å². The lowest BCUT2D eigenvalue weighted by atomic mass is 10.0. The Morgan fingerprint density at radius 2 is 2.19 bits per heavy atom. The predicted molar refractivity (Wildman–Crippen MR) is 61.1 cm³/mol. The van der Waals surface area contributed by atoms with Crippen molar-refractivity contribution in [1.82, 2.24) is 5.32 Å². The number of rotatable bonds is 8. The summed E-state index contributed by atoms with van der Waals surface area (Å²) in [7, 11) is 6.09. The third-order valence-corrected chi connectivity index (χ3v) is 2.68. The zero-order chi connectivity index (χ0) is 12.6. The quantitative estimate of drug-likeness (QED) is 0.466. The van der Waals surface area contributed by atoms with Crippen LogP contribution in [0.5, 0.6) is 0 Å². The second-order valence-electron chi connectivity index (χ2n) is 3.06. The fourth-order valence-electron chi connectivity index (χ4n) is 0.999. The van der Waals surface area contributed by atoms with Crippen molar-refractivity contribution < 1.29 is 23.5 Å². The standard InChI is InChI=1S/C8H17BNO5P/c1-6(15-16(12)14-3)7(5-13-2)10-8(11)4-9/h6-7,12H,4-5H2,1-3H3,(H,10,11). The van der Waals surface area contributed by atoms with Crippen molar-refractivity contribution in [2.24, 2.45) is 0 Å². The van der Waals surface area contributed by atoms with Crippen LogP contribution in [-0.2, 0) is 18.6 Å². The molecule has 0 bridgehead atoms. The molecule has 0 rings (SSSR count). The number of amides is 1. The lowest BCUT2D eigenvalue weighted by molar-refractivity contribution is -0.120. The number of hydrogen-bond acceptors (Lipinski definition) is 5. The summed E-state index contributed by atoms with van der Waals surface area (Å²) in [5, 5.41) is 2.63. The Morgan fingerprint density at radius 1 is 1.56 bits per heavy atom. The Bertz CT molecular complexity index is 209. The normalized spacial score (nSPS) is 16.5. The molecule has 0 spiro atoms. The Labute approximate surface area is 98.1 Å². The van der Waals surface area contributed by atoms with Crippen LogP contribution in [0.1, 0.15) is 6.92 Å². The van der Waals surface area contributed by atoms with Crippen molar-refractivity contribution in [1.29, 1.82) is 0 Å². The van der Waals surface area contributed by atoms with E-state index in [4.69, 9.17) is 17.1 Å². The van der Waals surface area contributed by atoms with E-state index in [-0.39, 0.29) is 24.9 Å². The maximum absolute atomic E-state index is 11.1. The molecule has 0 aromatic carbocycles. The van der Waals surface area contributed by atoms with Gasteiger partial charge in [0.1, 0.15) is 0 Å². The molecule has 2 radical (unpaired) electrons. The van der Waals surface area contributed by atoms with Gasteiger partial charge in [0.2, 0.25) is 5.91 Å². The van der Waals surface area contributed by atoms with Gasteiger partial charge in [0, 0.05) is 14.2 Å². The van der Waals surface area contributed by atoms with Gasteiger partial charge in [-0.25, -0.2) is 0 Å². The second kappa shape index (κ2) is 8.90. The fraction of sp³-hybridized carbons (Fsp3) is 0.875. The van der Waals surface area contributed by atoms with E-state index in [1.807, 2.05) is 0 Å². The van der Waals surface area contributed by atoms with Crippen molar-refractivity contribution in [3.8, 4) is 0 Å². The summed E-state index contributed by atoms with van der Waals surface area (Å²) in [5.41, 5.74) is 0. The van der Waals surface area contributed by atoms with Crippen LogP contribution >= 0.6 is 8.60 Å². The molecule has 3 atom stereocenters. The number of ether oxygens (including phenoxy) is 1. The molecule has 0 aliphatic heterocycles. The molecule has 0 saturated carbocycles. The van der Waals surface area contributed by atoms with E-state index >= 15 is 0 Å². The molecule has 0 saturated heterocycles. The molecular weight excluding hydrogens is 232 g/mol. The van der Waals surface area contributed by atoms with Gasteiger partial charge >= 0.3 is 8.60 Å². The van der Waals surface area contributed by atoms with Gasteiger partial charge in [0.15, 0.2) is 0 Å². The second-order valence-corrected chi connectivity index (χ2v) is 4.12. The van der Waals surface area contributed by atoms with Crippen LogP contribution in [-0.4, -0.2) is 51.6 Å². The van der Waals surface area contributed by atoms with Gasteiger partial charge in [-0.15, -0.1) is 0 Å². The van der Waals surface area contributed by atoms with Gasteiger partial charge < -0.3 is 24.0 Å². The summed E-state index contributed by atoms with van der Waals surface area (Å²) in [6.45, 7) is 1.96. The van der Waals surface area contributed by atoms with Crippen LogP contribution in [0, 0.1) is 0 Å². The van der Waals surface area contributed by atoms with Gasteiger partial charge in [-0.05, 0) is 13.2 Å². The molecule has 2 N–H and O–H groups in total. The molecule has 0 heterocycles. The zero-order valence-corrected chi connectivity index (χ0v) is 10.6. The highest BCUT2D eigenvalue weighted by Crippen LogP contribution is 2.33. The topological polar surface area (TPSA) is 77.0 Å². The van der Waals surface area contributed by atoms with Gasteiger partial charge in [0.25, 0.3) is 0 Å². The molecule has 92 valence electrons. The fourth-order valence-corrected chi connectivity index (χ4v) is 1.52. The van der Waals surface area contributed by atoms with Crippen molar-refractivity contribution in [2.45, 2.75) is 25.4 Å². The van der Waals surface area contributed by atoms with Crippen molar-refractivity contribution in [3.63, 3.8) is 0 Å². The molecule has 8 heteroatoms. The Balaban J connectivity index is 4.22. The van der Waals surface area contributed by atoms with Gasteiger partial charge in [-0.2, -0.15) is 0 Å². The zero-order valence-electron chi connectivity index (χ0n) is 9.67. The lowest BCUT2D eigenvalue weighted by Crippen LogP contribution is -2.45. The third kappa shape index (κ3) is 6.40. The van der Waals surface area contributed by atoms with Crippen LogP contribution in [0.3, 0.4) is 0 Å². The molecule has 0 aliphatic rings. The lowest BCUT2D eigenvalue weighted by Gasteiger charge is -2.25. The molecular formula is C8H17BNO5P. The third-order valence-electron chi connectivity index (χ3n) is 1.86. The van der Waals surface area contributed by atoms with Gasteiger partial charge in [0.05, 0.1) is 26.6 Å². The van der Waals surface area contributed by atoms with Gasteiger partial charge in [-0.1, -0.05) is 0 Å². The Morgan fingerprint density at radius 3 is 2.62 bits per heavy atom. The summed E-state index contributed by atoms with van der Waals surface area (Å²) in [6, 6.07) is -0.381. The molecule has 16 heavy (non-hydrogen) atoms. The smallest absolute Gasteiger partial charge is 0.329 e. The summed E-state index contributed by atoms with van der Waals surface area (Å²) >= 11 is 0. The monoisotopic (exact) mass is 249 g/mol. The van der Waals surface area contributed by atoms with E-state index in [2.05, 4.69) is 9.84 Å². The summed E-state index contributed by atoms with van der Waals surface area (Å²) in [4.78, 5) is 20.3. The van der Waals surface area contributed by atoms with Crippen LogP contribution in [0.25, 0.3) is 0 Å². The first kappa shape index (κ1) is 15.8. The Hall–Kier alpha value is -0.195. The highest BCUT2D eigenvalue weighted by molar-refractivity contribution is 7.40.